The molecule has 16 heteroatoms. The lowest BCUT2D eigenvalue weighted by molar-refractivity contribution is 0.0407. The summed E-state index contributed by atoms with van der Waals surface area (Å²) in [5.41, 5.74) is 7.09. The van der Waals surface area contributed by atoms with Gasteiger partial charge in [0.1, 0.15) is 41.3 Å². The molecule has 2 atom stereocenters. The standard InChI is InChI=1S/C23H31ClFN3O3.C20H27FN4O3/c1-14(2)11-23(7,28-21(29)31-22(4,5)6)13-30-19-9-8-18(27-15(19)3)16-10-20(24)26-12-17(16)25;1-12(2)9-20(4,22)11-28-17-7-6-16(24-13(17)3)14-8-18(23-10-15(14)21)25-19(26)27-5/h8-10,12,14H,11,13H2,1-7H3,(H,28,29);6-8,10,12H,9,11,22H2,1-5H3,(H,23,25,26)/t23-;20-/m00/s1. The number of hydrogen-bond acceptors (Lipinski definition) is 11. The first-order valence-corrected chi connectivity index (χ1v) is 19.6. The molecule has 4 rings (SSSR count). The molecule has 4 heterocycles. The van der Waals surface area contributed by atoms with Crippen molar-refractivity contribution in [2.24, 2.45) is 17.6 Å². The summed E-state index contributed by atoms with van der Waals surface area (Å²) < 4.78 is 50.1. The number of anilines is 1. The highest BCUT2D eigenvalue weighted by atomic mass is 35.5. The first-order chi connectivity index (χ1) is 27.4. The molecule has 0 fully saturated rings. The lowest BCUT2D eigenvalue weighted by Crippen LogP contribution is -2.52. The van der Waals surface area contributed by atoms with Crippen molar-refractivity contribution in [1.82, 2.24) is 25.3 Å². The van der Waals surface area contributed by atoms with Crippen LogP contribution in [0.5, 0.6) is 11.5 Å². The number of pyridine rings is 4. The fourth-order valence-corrected chi connectivity index (χ4v) is 6.40. The Labute approximate surface area is 351 Å². The summed E-state index contributed by atoms with van der Waals surface area (Å²) >= 11 is 5.89. The Bertz CT molecular complexity index is 2060. The van der Waals surface area contributed by atoms with E-state index in [2.05, 4.69) is 63.0 Å². The summed E-state index contributed by atoms with van der Waals surface area (Å²) in [6.45, 7) is 21.8. The van der Waals surface area contributed by atoms with Crippen molar-refractivity contribution in [3.8, 4) is 34.0 Å². The number of nitrogens with two attached hydrogens (primary N) is 1. The van der Waals surface area contributed by atoms with Crippen molar-refractivity contribution in [3.63, 3.8) is 0 Å². The minimum absolute atomic E-state index is 0.163. The average molecular weight is 842 g/mol. The number of ether oxygens (including phenoxy) is 4. The molecular formula is C43H58ClF2N7O6. The van der Waals surface area contributed by atoms with Gasteiger partial charge in [-0.05, 0) is 110 Å². The molecule has 0 bridgehead atoms. The molecule has 0 aliphatic heterocycles. The molecule has 0 aliphatic carbocycles. The number of carbonyl (C=O) groups is 2. The smallest absolute Gasteiger partial charge is 0.412 e. The van der Waals surface area contributed by atoms with E-state index in [4.69, 9.17) is 31.5 Å². The number of nitrogens with one attached hydrogen (secondary N) is 2. The van der Waals surface area contributed by atoms with Gasteiger partial charge in [0, 0.05) is 16.7 Å². The van der Waals surface area contributed by atoms with Crippen LogP contribution in [-0.4, -0.2) is 69.1 Å². The third-order valence-electron chi connectivity index (χ3n) is 8.36. The minimum atomic E-state index is -0.691. The maximum Gasteiger partial charge on any atom is 0.412 e. The van der Waals surface area contributed by atoms with Gasteiger partial charge in [-0.1, -0.05) is 39.3 Å². The number of amides is 2. The van der Waals surface area contributed by atoms with Crippen molar-refractivity contribution in [1.29, 1.82) is 0 Å². The zero-order valence-corrected chi connectivity index (χ0v) is 36.8. The van der Waals surface area contributed by atoms with Crippen molar-refractivity contribution in [2.75, 3.05) is 25.6 Å². The van der Waals surface area contributed by atoms with Crippen LogP contribution in [0.4, 0.5) is 24.2 Å². The molecule has 4 aromatic heterocycles. The highest BCUT2D eigenvalue weighted by molar-refractivity contribution is 6.29. The number of aryl methyl sites for hydroxylation is 2. The van der Waals surface area contributed by atoms with E-state index in [0.717, 1.165) is 18.8 Å². The molecule has 59 heavy (non-hydrogen) atoms. The predicted molar refractivity (Wildman–Crippen MR) is 226 cm³/mol. The maximum atomic E-state index is 14.2. The van der Waals surface area contributed by atoms with Crippen molar-refractivity contribution < 1.29 is 37.3 Å². The van der Waals surface area contributed by atoms with E-state index in [1.165, 1.54) is 19.2 Å². The van der Waals surface area contributed by atoms with Crippen LogP contribution in [0.1, 0.15) is 86.5 Å². The van der Waals surface area contributed by atoms with Crippen LogP contribution in [0, 0.1) is 37.3 Å². The normalized spacial score (nSPS) is 13.4. The van der Waals surface area contributed by atoms with E-state index >= 15 is 0 Å². The van der Waals surface area contributed by atoms with E-state index in [1.807, 2.05) is 34.6 Å². The Kier molecular flexibility index (Phi) is 16.9. The first-order valence-electron chi connectivity index (χ1n) is 19.2. The van der Waals surface area contributed by atoms with Crippen LogP contribution in [-0.2, 0) is 9.47 Å². The third-order valence-corrected chi connectivity index (χ3v) is 8.57. The highest BCUT2D eigenvalue weighted by Crippen LogP contribution is 2.29. The Morgan fingerprint density at radius 3 is 1.78 bits per heavy atom. The molecule has 0 aliphatic rings. The van der Waals surface area contributed by atoms with Crippen molar-refractivity contribution >= 4 is 29.6 Å². The van der Waals surface area contributed by atoms with Gasteiger partial charge in [0.25, 0.3) is 0 Å². The van der Waals surface area contributed by atoms with Gasteiger partial charge in [0.05, 0.1) is 47.8 Å². The molecule has 2 amide bonds. The van der Waals surface area contributed by atoms with Gasteiger partial charge in [0.2, 0.25) is 0 Å². The fraction of sp³-hybridized carbons (Fsp3) is 0.488. The SMILES string of the molecule is COC(=O)Nc1cc(-c2ccc(OC[C@@](C)(N)CC(C)C)c(C)n2)c(F)cn1.Cc1nc(-c2cc(Cl)ncc2F)ccc1OC[C@](C)(CC(C)C)NC(=O)OC(C)(C)C. The quantitative estimate of drug-likeness (QED) is 0.103. The van der Waals surface area contributed by atoms with Gasteiger partial charge >= 0.3 is 12.2 Å². The van der Waals surface area contributed by atoms with Gasteiger partial charge in [-0.25, -0.2) is 38.3 Å². The molecule has 4 N–H and O–H groups in total. The van der Waals surface area contributed by atoms with E-state index in [1.54, 1.807) is 38.1 Å². The van der Waals surface area contributed by atoms with Crippen LogP contribution in [0.2, 0.25) is 5.15 Å². The van der Waals surface area contributed by atoms with E-state index < -0.39 is 40.5 Å². The molecule has 0 spiro atoms. The number of carbonyl (C=O) groups excluding carboxylic acids is 2. The average Bonchev–Trinajstić information content (AvgIpc) is 3.10. The molecule has 4 aromatic rings. The summed E-state index contributed by atoms with van der Waals surface area (Å²) in [6.07, 6.45) is 2.43. The molecular weight excluding hydrogens is 784 g/mol. The highest BCUT2D eigenvalue weighted by Gasteiger charge is 2.31. The largest absolute Gasteiger partial charge is 0.490 e. The minimum Gasteiger partial charge on any atom is -0.490 e. The van der Waals surface area contributed by atoms with Gasteiger partial charge in [-0.15, -0.1) is 0 Å². The van der Waals surface area contributed by atoms with Gasteiger partial charge in [0.15, 0.2) is 11.6 Å². The van der Waals surface area contributed by atoms with Gasteiger partial charge in [-0.3, -0.25) is 5.32 Å². The molecule has 0 saturated heterocycles. The number of alkyl carbamates (subject to hydrolysis) is 1. The second-order valence-electron chi connectivity index (χ2n) is 16.8. The van der Waals surface area contributed by atoms with Crippen LogP contribution in [0.15, 0.2) is 48.8 Å². The molecule has 0 aromatic carbocycles. The van der Waals surface area contributed by atoms with Gasteiger partial charge < -0.3 is 30.0 Å². The van der Waals surface area contributed by atoms with Crippen LogP contribution in [0.3, 0.4) is 0 Å². The predicted octanol–water partition coefficient (Wildman–Crippen LogP) is 9.86. The zero-order chi connectivity index (χ0) is 44.3. The zero-order valence-electron chi connectivity index (χ0n) is 36.1. The Morgan fingerprint density at radius 1 is 0.780 bits per heavy atom. The number of rotatable bonds is 14. The fourth-order valence-electron chi connectivity index (χ4n) is 6.24. The lowest BCUT2D eigenvalue weighted by Gasteiger charge is -2.33. The van der Waals surface area contributed by atoms with Crippen LogP contribution < -0.4 is 25.8 Å². The molecule has 0 saturated carbocycles. The number of nitrogens with zero attached hydrogens (tertiary/aromatic N) is 4. The van der Waals surface area contributed by atoms with E-state index in [9.17, 15) is 18.4 Å². The lowest BCUT2D eigenvalue weighted by atomic mass is 9.91. The molecule has 13 nitrogen and oxygen atoms in total. The van der Waals surface area contributed by atoms with Crippen LogP contribution >= 0.6 is 11.6 Å². The Balaban J connectivity index is 0.000000317. The number of hydrogen-bond donors (Lipinski definition) is 3. The second kappa shape index (κ2) is 20.7. The Morgan fingerprint density at radius 2 is 1.29 bits per heavy atom. The summed E-state index contributed by atoms with van der Waals surface area (Å²) in [7, 11) is 1.23. The number of methoxy groups -OCH3 is 1. The summed E-state index contributed by atoms with van der Waals surface area (Å²) in [5.74, 6) is 1.03. The van der Waals surface area contributed by atoms with Gasteiger partial charge in [-0.2, -0.15) is 0 Å². The summed E-state index contributed by atoms with van der Waals surface area (Å²) in [5, 5.41) is 5.53. The third kappa shape index (κ3) is 15.9. The molecule has 0 unspecified atom stereocenters. The molecule has 0 radical (unpaired) electrons. The summed E-state index contributed by atoms with van der Waals surface area (Å²) in [6, 6.07) is 9.61. The van der Waals surface area contributed by atoms with Crippen molar-refractivity contribution in [3.05, 3.63) is 77.0 Å². The van der Waals surface area contributed by atoms with E-state index in [0.29, 0.717) is 59.1 Å². The van der Waals surface area contributed by atoms with E-state index in [-0.39, 0.29) is 28.7 Å². The molecule has 322 valence electrons. The second-order valence-corrected chi connectivity index (χ2v) is 17.2. The Hall–Kier alpha value is -5.15. The maximum absolute atomic E-state index is 14.2. The summed E-state index contributed by atoms with van der Waals surface area (Å²) in [4.78, 5) is 40.1. The number of aromatic nitrogens is 4. The topological polar surface area (TPSA) is 173 Å². The van der Waals surface area contributed by atoms with Crippen LogP contribution in [0.25, 0.3) is 22.5 Å². The number of halogens is 3. The monoisotopic (exact) mass is 841 g/mol. The first kappa shape index (κ1) is 48.2. The van der Waals surface area contributed by atoms with Crippen molar-refractivity contribution in [2.45, 2.75) is 106 Å².